The minimum Gasteiger partial charge on any atom is -0.492 e. The molecule has 0 radical (unpaired) electrons. The van der Waals surface area contributed by atoms with Crippen molar-refractivity contribution in [2.75, 3.05) is 39.8 Å². The highest BCUT2D eigenvalue weighted by atomic mass is 35.5. The predicted octanol–water partition coefficient (Wildman–Crippen LogP) is 2.67. The van der Waals surface area contributed by atoms with Crippen molar-refractivity contribution in [2.24, 2.45) is 5.73 Å². The third-order valence-electron chi connectivity index (χ3n) is 3.99. The average molecular weight is 380 g/mol. The van der Waals surface area contributed by atoms with E-state index < -0.39 is 0 Å². The second-order valence-electron chi connectivity index (χ2n) is 5.40. The van der Waals surface area contributed by atoms with E-state index in [1.165, 1.54) is 0 Å². The van der Waals surface area contributed by atoms with Crippen LogP contribution in [0.4, 0.5) is 0 Å². The van der Waals surface area contributed by atoms with E-state index >= 15 is 0 Å². The zero-order valence-electron chi connectivity index (χ0n) is 15.0. The van der Waals surface area contributed by atoms with Gasteiger partial charge in [0.15, 0.2) is 0 Å². The van der Waals surface area contributed by atoms with Crippen LogP contribution >= 0.6 is 24.8 Å². The maximum Gasteiger partial charge on any atom is 0.253 e. The zero-order chi connectivity index (χ0) is 16.5. The molecule has 0 aliphatic heterocycles. The normalized spacial score (nSPS) is 11.2. The maximum absolute atomic E-state index is 12.3. The van der Waals surface area contributed by atoms with Crippen molar-refractivity contribution in [1.29, 1.82) is 0 Å². The van der Waals surface area contributed by atoms with Crippen molar-refractivity contribution in [2.45, 2.75) is 26.8 Å². The van der Waals surface area contributed by atoms with E-state index in [1.807, 2.05) is 19.1 Å². The summed E-state index contributed by atoms with van der Waals surface area (Å²) in [6.07, 6.45) is 0. The van der Waals surface area contributed by atoms with Crippen LogP contribution in [0, 0.1) is 0 Å². The Kier molecular flexibility index (Phi) is 14.0. The number of ether oxygens (including phenoxy) is 1. The Morgan fingerprint density at radius 3 is 2.17 bits per heavy atom. The molecule has 1 rings (SSSR count). The number of nitrogens with zero attached hydrogens (tertiary/aromatic N) is 2. The lowest BCUT2D eigenvalue weighted by atomic mass is 10.1. The van der Waals surface area contributed by atoms with Gasteiger partial charge in [-0.2, -0.15) is 0 Å². The minimum absolute atomic E-state index is 0. The van der Waals surface area contributed by atoms with E-state index in [2.05, 4.69) is 18.7 Å². The summed E-state index contributed by atoms with van der Waals surface area (Å²) >= 11 is 0. The standard InChI is InChI=1S/C17H29N3O2.2ClH/c1-5-20(6-2)11-12-22-16-9-7-15(8-10-16)17(21)19(4)14(3)13-18;;/h7-10,14H,5-6,11-13,18H2,1-4H3;2*1H. The van der Waals surface area contributed by atoms with E-state index in [1.54, 1.807) is 24.1 Å². The molecule has 0 heterocycles. The molecule has 0 aliphatic carbocycles. The molecule has 1 amide bonds. The van der Waals surface area contributed by atoms with E-state index in [9.17, 15) is 4.79 Å². The van der Waals surface area contributed by atoms with Gasteiger partial charge in [-0.05, 0) is 44.3 Å². The maximum atomic E-state index is 12.3. The van der Waals surface area contributed by atoms with E-state index in [-0.39, 0.29) is 36.8 Å². The molecule has 0 saturated heterocycles. The Bertz CT molecular complexity index is 454. The molecular formula is C17H31Cl2N3O2. The number of halogens is 2. The van der Waals surface area contributed by atoms with Crippen molar-refractivity contribution in [3.63, 3.8) is 0 Å². The molecule has 0 bridgehead atoms. The van der Waals surface area contributed by atoms with Crippen LogP contribution in [-0.4, -0.2) is 61.6 Å². The van der Waals surface area contributed by atoms with Crippen LogP contribution in [0.15, 0.2) is 24.3 Å². The topological polar surface area (TPSA) is 58.8 Å². The fourth-order valence-electron chi connectivity index (χ4n) is 2.09. The first kappa shape index (κ1) is 25.2. The van der Waals surface area contributed by atoms with Gasteiger partial charge in [0.1, 0.15) is 12.4 Å². The third-order valence-corrected chi connectivity index (χ3v) is 3.99. The summed E-state index contributed by atoms with van der Waals surface area (Å²) in [5.41, 5.74) is 6.25. The summed E-state index contributed by atoms with van der Waals surface area (Å²) < 4.78 is 5.72. The molecule has 140 valence electrons. The van der Waals surface area contributed by atoms with Crippen LogP contribution < -0.4 is 10.5 Å². The highest BCUT2D eigenvalue weighted by Gasteiger charge is 2.16. The average Bonchev–Trinajstić information content (AvgIpc) is 2.57. The largest absolute Gasteiger partial charge is 0.492 e. The van der Waals surface area contributed by atoms with E-state index in [4.69, 9.17) is 10.5 Å². The number of carbonyl (C=O) groups excluding carboxylic acids is 1. The second kappa shape index (κ2) is 13.3. The molecule has 5 nitrogen and oxygen atoms in total. The Hall–Kier alpha value is -1.01. The molecule has 0 aliphatic rings. The van der Waals surface area contributed by atoms with Crippen LogP contribution in [0.1, 0.15) is 31.1 Å². The molecular weight excluding hydrogens is 349 g/mol. The molecule has 0 fully saturated rings. The van der Waals surface area contributed by atoms with Gasteiger partial charge in [0.05, 0.1) is 0 Å². The molecule has 0 spiro atoms. The Labute approximate surface area is 158 Å². The van der Waals surface area contributed by atoms with Gasteiger partial charge in [-0.25, -0.2) is 0 Å². The summed E-state index contributed by atoms with van der Waals surface area (Å²) in [5, 5.41) is 0. The molecule has 7 heteroatoms. The fourth-order valence-corrected chi connectivity index (χ4v) is 2.09. The SMILES string of the molecule is CCN(CC)CCOc1ccc(C(=O)N(C)C(C)CN)cc1.Cl.Cl. The van der Waals surface area contributed by atoms with Crippen molar-refractivity contribution in [3.05, 3.63) is 29.8 Å². The van der Waals surface area contributed by atoms with Crippen LogP contribution in [0.3, 0.4) is 0 Å². The van der Waals surface area contributed by atoms with Gasteiger partial charge >= 0.3 is 0 Å². The van der Waals surface area contributed by atoms with Gasteiger partial charge in [0.25, 0.3) is 5.91 Å². The molecule has 1 aromatic carbocycles. The second-order valence-corrected chi connectivity index (χ2v) is 5.40. The number of nitrogens with two attached hydrogens (primary N) is 1. The van der Waals surface area contributed by atoms with Crippen molar-refractivity contribution in [3.8, 4) is 5.75 Å². The lowest BCUT2D eigenvalue weighted by molar-refractivity contribution is 0.0748. The van der Waals surface area contributed by atoms with Gasteiger partial charge in [-0.1, -0.05) is 13.8 Å². The predicted molar refractivity (Wildman–Crippen MR) is 105 cm³/mol. The number of rotatable bonds is 9. The first-order valence-corrected chi connectivity index (χ1v) is 7.95. The first-order chi connectivity index (χ1) is 10.5. The number of benzene rings is 1. The van der Waals surface area contributed by atoms with Gasteiger partial charge in [0, 0.05) is 31.7 Å². The molecule has 2 N–H and O–H groups in total. The van der Waals surface area contributed by atoms with Crippen LogP contribution in [0.25, 0.3) is 0 Å². The highest BCUT2D eigenvalue weighted by Crippen LogP contribution is 2.14. The number of likely N-dealkylation sites (N-methyl/N-ethyl adjacent to an activating group) is 2. The van der Waals surface area contributed by atoms with Gasteiger partial charge in [-0.3, -0.25) is 4.79 Å². The van der Waals surface area contributed by atoms with Gasteiger partial charge in [-0.15, -0.1) is 24.8 Å². The Morgan fingerprint density at radius 2 is 1.71 bits per heavy atom. The number of carbonyl (C=O) groups is 1. The van der Waals surface area contributed by atoms with E-state index in [0.717, 1.165) is 25.4 Å². The number of hydrogen-bond donors (Lipinski definition) is 1. The fraction of sp³-hybridized carbons (Fsp3) is 0.588. The van der Waals surface area contributed by atoms with Crippen LogP contribution in [0.5, 0.6) is 5.75 Å². The molecule has 1 aromatic rings. The summed E-state index contributed by atoms with van der Waals surface area (Å²) in [4.78, 5) is 16.2. The third kappa shape index (κ3) is 7.71. The smallest absolute Gasteiger partial charge is 0.253 e. The van der Waals surface area contributed by atoms with Crippen molar-refractivity contribution < 1.29 is 9.53 Å². The highest BCUT2D eigenvalue weighted by molar-refractivity contribution is 5.94. The quantitative estimate of drug-likeness (QED) is 0.716. The molecule has 1 unspecified atom stereocenters. The van der Waals surface area contributed by atoms with Crippen LogP contribution in [-0.2, 0) is 0 Å². The summed E-state index contributed by atoms with van der Waals surface area (Å²) in [5.74, 6) is 0.769. The van der Waals surface area contributed by atoms with Gasteiger partial charge < -0.3 is 20.3 Å². The monoisotopic (exact) mass is 379 g/mol. The molecule has 24 heavy (non-hydrogen) atoms. The lowest BCUT2D eigenvalue weighted by Gasteiger charge is -2.23. The number of hydrogen-bond acceptors (Lipinski definition) is 4. The minimum atomic E-state index is -0.0207. The molecule has 0 saturated carbocycles. The Morgan fingerprint density at radius 1 is 1.17 bits per heavy atom. The first-order valence-electron chi connectivity index (χ1n) is 7.95. The lowest BCUT2D eigenvalue weighted by Crippen LogP contribution is -2.39. The van der Waals surface area contributed by atoms with Crippen molar-refractivity contribution >= 4 is 30.7 Å². The van der Waals surface area contributed by atoms with E-state index in [0.29, 0.717) is 18.7 Å². The summed E-state index contributed by atoms with van der Waals surface area (Å²) in [6, 6.07) is 7.31. The summed E-state index contributed by atoms with van der Waals surface area (Å²) in [6.45, 7) is 10.3. The van der Waals surface area contributed by atoms with Crippen molar-refractivity contribution in [1.82, 2.24) is 9.80 Å². The number of amides is 1. The Balaban J connectivity index is 0. The summed E-state index contributed by atoms with van der Waals surface area (Å²) in [7, 11) is 1.77. The molecule has 0 aromatic heterocycles. The van der Waals surface area contributed by atoms with Gasteiger partial charge in [0.2, 0.25) is 0 Å². The zero-order valence-corrected chi connectivity index (χ0v) is 16.7. The van der Waals surface area contributed by atoms with Crippen LogP contribution in [0.2, 0.25) is 0 Å². The molecule has 1 atom stereocenters.